The third kappa shape index (κ3) is 4.85. The number of carbonyl (C=O) groups excluding carboxylic acids is 2. The van der Waals surface area contributed by atoms with E-state index < -0.39 is 5.92 Å². The van der Waals surface area contributed by atoms with Gasteiger partial charge in [-0.1, -0.05) is 84.6 Å². The molecule has 1 aliphatic heterocycles. The van der Waals surface area contributed by atoms with Gasteiger partial charge in [-0.2, -0.15) is 0 Å². The van der Waals surface area contributed by atoms with Crippen molar-refractivity contribution in [2.45, 2.75) is 57.0 Å². The van der Waals surface area contributed by atoms with E-state index in [9.17, 15) is 9.59 Å². The molecule has 5 heteroatoms. The van der Waals surface area contributed by atoms with Gasteiger partial charge in [-0.25, -0.2) is 0 Å². The molecule has 0 radical (unpaired) electrons. The van der Waals surface area contributed by atoms with Gasteiger partial charge in [0.1, 0.15) is 0 Å². The quantitative estimate of drug-likeness (QED) is 0.449. The van der Waals surface area contributed by atoms with Crippen molar-refractivity contribution in [1.29, 1.82) is 0 Å². The zero-order valence-corrected chi connectivity index (χ0v) is 20.8. The molecule has 4 nitrogen and oxygen atoms in total. The Labute approximate surface area is 212 Å². The van der Waals surface area contributed by atoms with Crippen LogP contribution in [0.25, 0.3) is 0 Å². The average molecular weight is 487 g/mol. The van der Waals surface area contributed by atoms with Crippen molar-refractivity contribution in [2.75, 3.05) is 6.54 Å². The molecule has 1 saturated carbocycles. The minimum absolute atomic E-state index is 0.0242. The maximum Gasteiger partial charge on any atom is 0.254 e. The molecule has 3 aromatic rings. The number of fused-ring (bicyclic) bond motifs is 1. The van der Waals surface area contributed by atoms with Crippen LogP contribution in [0.4, 0.5) is 0 Å². The van der Waals surface area contributed by atoms with Gasteiger partial charge in [0.2, 0.25) is 5.91 Å². The van der Waals surface area contributed by atoms with Gasteiger partial charge in [0.15, 0.2) is 0 Å². The molecule has 1 heterocycles. The van der Waals surface area contributed by atoms with Gasteiger partial charge in [0.25, 0.3) is 5.91 Å². The summed E-state index contributed by atoms with van der Waals surface area (Å²) in [6.45, 7) is 2.62. The molecule has 3 aromatic carbocycles. The summed E-state index contributed by atoms with van der Waals surface area (Å²) in [5.41, 5.74) is 4.81. The summed E-state index contributed by atoms with van der Waals surface area (Å²) in [6.07, 6.45) is 4.92. The molecular weight excluding hydrogens is 456 g/mol. The Morgan fingerprint density at radius 2 is 1.66 bits per heavy atom. The second-order valence-electron chi connectivity index (χ2n) is 9.74. The van der Waals surface area contributed by atoms with Crippen LogP contribution >= 0.6 is 11.6 Å². The van der Waals surface area contributed by atoms with Crippen LogP contribution in [0, 0.1) is 6.92 Å². The molecule has 2 aliphatic rings. The Balaban J connectivity index is 1.50. The van der Waals surface area contributed by atoms with Crippen LogP contribution in [-0.2, 0) is 11.2 Å². The van der Waals surface area contributed by atoms with Gasteiger partial charge in [0.05, 0.1) is 12.0 Å². The lowest BCUT2D eigenvalue weighted by Crippen LogP contribution is -2.51. The van der Waals surface area contributed by atoms with E-state index in [1.165, 1.54) is 11.1 Å². The summed E-state index contributed by atoms with van der Waals surface area (Å²) in [4.78, 5) is 29.7. The highest BCUT2D eigenvalue weighted by Crippen LogP contribution is 2.46. The van der Waals surface area contributed by atoms with Crippen LogP contribution in [0.3, 0.4) is 0 Å². The molecular formula is C30H31ClN2O2. The molecule has 0 spiro atoms. The maximum absolute atomic E-state index is 13.8. The van der Waals surface area contributed by atoms with E-state index in [0.717, 1.165) is 43.2 Å². The summed E-state index contributed by atoms with van der Waals surface area (Å²) >= 11 is 6.20. The zero-order chi connectivity index (χ0) is 24.4. The minimum Gasteiger partial charge on any atom is -0.355 e. The SMILES string of the molecule is Cc1ccc(CCNC(=O)[C@@H]2c3ccccc3C(=O)N(C3CCCC3)[C@H]2c2ccc(Cl)cc2)cc1. The Morgan fingerprint density at radius 1 is 0.971 bits per heavy atom. The molecule has 1 fully saturated rings. The minimum atomic E-state index is -0.483. The van der Waals surface area contributed by atoms with Crippen molar-refractivity contribution < 1.29 is 9.59 Å². The van der Waals surface area contributed by atoms with E-state index in [-0.39, 0.29) is 23.9 Å². The third-order valence-corrected chi connectivity index (χ3v) is 7.67. The first kappa shape index (κ1) is 23.6. The van der Waals surface area contributed by atoms with Crippen LogP contribution in [0.2, 0.25) is 5.02 Å². The highest BCUT2D eigenvalue weighted by atomic mass is 35.5. The molecule has 180 valence electrons. The van der Waals surface area contributed by atoms with Crippen LogP contribution in [0.1, 0.15) is 70.3 Å². The molecule has 2 amide bonds. The van der Waals surface area contributed by atoms with Gasteiger partial charge in [-0.05, 0) is 61.1 Å². The molecule has 35 heavy (non-hydrogen) atoms. The normalized spacial score (nSPS) is 20.1. The summed E-state index contributed by atoms with van der Waals surface area (Å²) in [6, 6.07) is 23.4. The first-order chi connectivity index (χ1) is 17.0. The number of carbonyl (C=O) groups is 2. The highest BCUT2D eigenvalue weighted by molar-refractivity contribution is 6.30. The summed E-state index contributed by atoms with van der Waals surface area (Å²) in [5, 5.41) is 3.83. The number of nitrogens with zero attached hydrogens (tertiary/aromatic N) is 1. The van der Waals surface area contributed by atoms with Crippen molar-refractivity contribution in [1.82, 2.24) is 10.2 Å². The van der Waals surface area contributed by atoms with E-state index >= 15 is 0 Å². The van der Waals surface area contributed by atoms with E-state index in [4.69, 9.17) is 11.6 Å². The third-order valence-electron chi connectivity index (χ3n) is 7.42. The molecule has 5 rings (SSSR count). The first-order valence-corrected chi connectivity index (χ1v) is 12.9. The van der Waals surface area contributed by atoms with Crippen molar-refractivity contribution in [3.05, 3.63) is 106 Å². The van der Waals surface area contributed by atoms with Crippen LogP contribution < -0.4 is 5.32 Å². The fourth-order valence-electron chi connectivity index (χ4n) is 5.63. The van der Waals surface area contributed by atoms with Gasteiger partial charge < -0.3 is 10.2 Å². The molecule has 1 N–H and O–H groups in total. The van der Waals surface area contributed by atoms with E-state index in [1.807, 2.05) is 53.4 Å². The lowest BCUT2D eigenvalue weighted by atomic mass is 9.78. The predicted octanol–water partition coefficient (Wildman–Crippen LogP) is 6.23. The second-order valence-corrected chi connectivity index (χ2v) is 10.2. The number of halogens is 1. The number of aryl methyl sites for hydroxylation is 1. The van der Waals surface area contributed by atoms with Gasteiger partial charge in [-0.3, -0.25) is 9.59 Å². The number of nitrogens with one attached hydrogen (secondary N) is 1. The largest absolute Gasteiger partial charge is 0.355 e. The van der Waals surface area contributed by atoms with Crippen molar-refractivity contribution in [3.63, 3.8) is 0 Å². The summed E-state index contributed by atoms with van der Waals surface area (Å²) < 4.78 is 0. The predicted molar refractivity (Wildman–Crippen MR) is 140 cm³/mol. The molecule has 2 atom stereocenters. The standard InChI is InChI=1S/C30H31ClN2O2/c1-20-10-12-21(13-11-20)18-19-32-29(34)27-25-8-4-5-9-26(25)30(35)33(24-6-2-3-7-24)28(27)22-14-16-23(31)17-15-22/h4-5,8-17,24,27-28H,2-3,6-7,18-19H2,1H3,(H,32,34)/t27-,28+/m1/s1. The van der Waals surface area contributed by atoms with Crippen molar-refractivity contribution in [2.24, 2.45) is 0 Å². The number of amides is 2. The lowest BCUT2D eigenvalue weighted by Gasteiger charge is -2.45. The number of benzene rings is 3. The topological polar surface area (TPSA) is 49.4 Å². The Bertz CT molecular complexity index is 1200. The van der Waals surface area contributed by atoms with Gasteiger partial charge in [0, 0.05) is 23.2 Å². The van der Waals surface area contributed by atoms with Gasteiger partial charge >= 0.3 is 0 Å². The number of hydrogen-bond donors (Lipinski definition) is 1. The fraction of sp³-hybridized carbons (Fsp3) is 0.333. The lowest BCUT2D eigenvalue weighted by molar-refractivity contribution is -0.124. The fourth-order valence-corrected chi connectivity index (χ4v) is 5.75. The smallest absolute Gasteiger partial charge is 0.254 e. The Kier molecular flexibility index (Phi) is 6.92. The summed E-state index contributed by atoms with van der Waals surface area (Å²) in [5.74, 6) is -0.500. The van der Waals surface area contributed by atoms with E-state index in [0.29, 0.717) is 17.1 Å². The monoisotopic (exact) mass is 486 g/mol. The highest BCUT2D eigenvalue weighted by Gasteiger charge is 2.46. The molecule has 0 aromatic heterocycles. The second kappa shape index (κ2) is 10.2. The Morgan fingerprint density at radius 3 is 2.37 bits per heavy atom. The van der Waals surface area contributed by atoms with E-state index in [2.05, 4.69) is 36.5 Å². The number of hydrogen-bond acceptors (Lipinski definition) is 2. The molecule has 0 bridgehead atoms. The Hall–Kier alpha value is -3.11. The van der Waals surface area contributed by atoms with Crippen molar-refractivity contribution >= 4 is 23.4 Å². The number of rotatable bonds is 6. The van der Waals surface area contributed by atoms with E-state index in [1.54, 1.807) is 0 Å². The van der Waals surface area contributed by atoms with Gasteiger partial charge in [-0.15, -0.1) is 0 Å². The summed E-state index contributed by atoms with van der Waals surface area (Å²) in [7, 11) is 0. The van der Waals surface area contributed by atoms with Crippen molar-refractivity contribution in [3.8, 4) is 0 Å². The molecule has 0 saturated heterocycles. The maximum atomic E-state index is 13.8. The molecule has 0 unspecified atom stereocenters. The zero-order valence-electron chi connectivity index (χ0n) is 20.0. The van der Waals surface area contributed by atoms with Crippen LogP contribution in [-0.4, -0.2) is 29.3 Å². The average Bonchev–Trinajstić information content (AvgIpc) is 3.40. The molecule has 1 aliphatic carbocycles. The van der Waals surface area contributed by atoms with Crippen LogP contribution in [0.15, 0.2) is 72.8 Å². The first-order valence-electron chi connectivity index (χ1n) is 12.5. The van der Waals surface area contributed by atoms with Crippen LogP contribution in [0.5, 0.6) is 0 Å².